The van der Waals surface area contributed by atoms with Crippen LogP contribution in [0.3, 0.4) is 0 Å². The topological polar surface area (TPSA) is 84.2 Å². The second-order valence-corrected chi connectivity index (χ2v) is 13.8. The molecule has 6 aliphatic rings. The number of esters is 1. The fourth-order valence-electron chi connectivity index (χ4n) is 9.26. The predicted molar refractivity (Wildman–Crippen MR) is 185 cm³/mol. The second kappa shape index (κ2) is 12.2. The van der Waals surface area contributed by atoms with Crippen molar-refractivity contribution in [1.29, 1.82) is 0 Å². The number of hydrogen-bond donors (Lipinski definition) is 2. The molecule has 2 aromatic rings. The summed E-state index contributed by atoms with van der Waals surface area (Å²) in [5.74, 6) is -0.0748. The van der Waals surface area contributed by atoms with Gasteiger partial charge in [-0.15, -0.1) is 0 Å². The molecule has 6 aliphatic heterocycles. The fourth-order valence-corrected chi connectivity index (χ4v) is 9.26. The highest BCUT2D eigenvalue weighted by Crippen LogP contribution is 2.46. The van der Waals surface area contributed by atoms with Crippen LogP contribution in [0.15, 0.2) is 83.7 Å². The number of aromatic nitrogens is 2. The van der Waals surface area contributed by atoms with E-state index in [4.69, 9.17) is 9.72 Å². The third kappa shape index (κ3) is 4.98. The number of benzene rings is 2. The molecule has 4 atom stereocenters. The maximum atomic E-state index is 13.9. The molecule has 2 aromatic carbocycles. The lowest BCUT2D eigenvalue weighted by Gasteiger charge is -2.44. The number of allylic oxidation sites excluding steroid dienone is 3. The van der Waals surface area contributed by atoms with E-state index in [0.29, 0.717) is 12.3 Å². The molecule has 0 spiro atoms. The summed E-state index contributed by atoms with van der Waals surface area (Å²) in [6, 6.07) is 17.5. The number of carbonyl (C=O) groups is 1. The number of piperidine rings is 1. The standard InChI is InChI=1S/C40H44N4O3/c1-4-24-21-44-23-27(37-30-11-7-9-13-34(30)42-39(37)35(44)19-26(24)15-17-45)18-32(40(46)47-3)31-20-36-38-29(14-16-43(36)22-25(31)5-2)28-10-6-8-12-33(28)41-38/h4-13,23,26,31-32,36,41,45H,14-22H2,1-3H3/p+1/b24-4-,25-5-/t26-,31-,32-,36-/m0/s1. The molecule has 0 amide bonds. The van der Waals surface area contributed by atoms with Crippen LogP contribution in [0.2, 0.25) is 0 Å². The van der Waals surface area contributed by atoms with Crippen molar-refractivity contribution in [3.8, 4) is 11.3 Å². The number of para-hydroxylation sites is 2. The van der Waals surface area contributed by atoms with Crippen LogP contribution in [-0.2, 0) is 28.9 Å². The molecule has 0 radical (unpaired) electrons. The molecule has 3 N–H and O–H groups in total. The number of carbonyl (C=O) groups excluding carboxylic acids is 1. The SMILES string of the molecule is C/C=C1/Cn2cc(C[C@H](C(=O)OC)[C@H]3C[C@H]4C5=C(CCN4C/C3=C/C)c3ccccc3[NH2+]5)c3c4ccccc4nc-3c2C[C@@H]1CCO. The Hall–Kier alpha value is -4.04. The number of aliphatic hydroxyl groups is 1. The van der Waals surface area contributed by atoms with Crippen molar-refractivity contribution in [2.75, 3.05) is 26.8 Å². The van der Waals surface area contributed by atoms with Crippen molar-refractivity contribution in [2.24, 2.45) is 17.8 Å². The van der Waals surface area contributed by atoms with E-state index in [1.165, 1.54) is 39.4 Å². The summed E-state index contributed by atoms with van der Waals surface area (Å²) in [4.78, 5) is 21.8. The zero-order chi connectivity index (χ0) is 32.2. The Labute approximate surface area is 277 Å². The number of nitrogens with two attached hydrogens (primary N) is 1. The summed E-state index contributed by atoms with van der Waals surface area (Å²) < 4.78 is 7.98. The Kier molecular flexibility index (Phi) is 7.87. The third-order valence-electron chi connectivity index (χ3n) is 11.6. The Morgan fingerprint density at radius 2 is 1.91 bits per heavy atom. The van der Waals surface area contributed by atoms with E-state index in [9.17, 15) is 9.90 Å². The van der Waals surface area contributed by atoms with Crippen LogP contribution < -0.4 is 5.32 Å². The van der Waals surface area contributed by atoms with Crippen molar-refractivity contribution in [2.45, 2.75) is 58.5 Å². The summed E-state index contributed by atoms with van der Waals surface area (Å²) in [5, 5.41) is 13.4. The number of hydrogen-bond acceptors (Lipinski definition) is 5. The van der Waals surface area contributed by atoms with E-state index in [0.717, 1.165) is 73.0 Å². The van der Waals surface area contributed by atoms with Gasteiger partial charge >= 0.3 is 5.97 Å². The fraction of sp³-hybridized carbons (Fsp3) is 0.400. The minimum Gasteiger partial charge on any atom is -0.469 e. The predicted octanol–water partition coefficient (Wildman–Crippen LogP) is 5.63. The first kappa shape index (κ1) is 30.3. The lowest BCUT2D eigenvalue weighted by molar-refractivity contribution is -0.520. The third-order valence-corrected chi connectivity index (χ3v) is 11.6. The Morgan fingerprint density at radius 3 is 2.72 bits per heavy atom. The van der Waals surface area contributed by atoms with E-state index >= 15 is 0 Å². The molecule has 1 saturated heterocycles. The van der Waals surface area contributed by atoms with Gasteiger partial charge in [0.1, 0.15) is 11.4 Å². The highest BCUT2D eigenvalue weighted by atomic mass is 16.5. The number of rotatable bonds is 6. The van der Waals surface area contributed by atoms with Gasteiger partial charge in [-0.3, -0.25) is 15.0 Å². The quantitative estimate of drug-likeness (QED) is 0.164. The van der Waals surface area contributed by atoms with Gasteiger partial charge < -0.3 is 14.4 Å². The molecule has 7 nitrogen and oxygen atoms in total. The Morgan fingerprint density at radius 1 is 1.11 bits per heavy atom. The molecular formula is C40H45N4O3+. The van der Waals surface area contributed by atoms with Crippen LogP contribution in [0, 0.1) is 17.8 Å². The second-order valence-electron chi connectivity index (χ2n) is 13.8. The number of fused-ring (bicyclic) bond motifs is 9. The molecule has 0 unspecified atom stereocenters. The van der Waals surface area contributed by atoms with E-state index in [-0.39, 0.29) is 30.5 Å². The maximum Gasteiger partial charge on any atom is 0.309 e. The van der Waals surface area contributed by atoms with Crippen molar-refractivity contribution in [3.05, 3.63) is 101 Å². The van der Waals surface area contributed by atoms with Crippen molar-refractivity contribution >= 4 is 28.1 Å². The average Bonchev–Trinajstić information content (AvgIpc) is 3.69. The number of aliphatic hydroxyl groups excluding tert-OH is 1. The maximum absolute atomic E-state index is 13.9. The summed E-state index contributed by atoms with van der Waals surface area (Å²) in [6.45, 7) is 7.11. The number of methoxy groups -OCH3 is 1. The van der Waals surface area contributed by atoms with E-state index < -0.39 is 0 Å². The van der Waals surface area contributed by atoms with E-state index in [2.05, 4.69) is 95.5 Å². The molecule has 242 valence electrons. The first-order valence-electron chi connectivity index (χ1n) is 17.3. The molecule has 47 heavy (non-hydrogen) atoms. The van der Waals surface area contributed by atoms with Gasteiger partial charge in [-0.25, -0.2) is 4.98 Å². The molecule has 8 rings (SSSR count). The van der Waals surface area contributed by atoms with Crippen LogP contribution in [0.25, 0.3) is 27.7 Å². The number of ether oxygens (including phenoxy) is 1. The molecule has 1 fully saturated rings. The highest BCUT2D eigenvalue weighted by molar-refractivity contribution is 5.99. The minimum atomic E-state index is -0.314. The Balaban J connectivity index is 1.21. The summed E-state index contributed by atoms with van der Waals surface area (Å²) in [5.41, 5.74) is 13.9. The van der Waals surface area contributed by atoms with Crippen LogP contribution in [0.4, 0.5) is 5.69 Å². The molecule has 0 aromatic heterocycles. The molecule has 6 heterocycles. The molecule has 0 bridgehead atoms. The normalized spacial score (nSPS) is 24.8. The van der Waals surface area contributed by atoms with Crippen molar-refractivity contribution in [1.82, 2.24) is 14.5 Å². The molecule has 0 aliphatic carbocycles. The van der Waals surface area contributed by atoms with Gasteiger partial charge in [0.15, 0.2) is 0 Å². The number of nitrogens with zero attached hydrogens (tertiary/aromatic N) is 3. The first-order valence-corrected chi connectivity index (χ1v) is 17.3. The summed E-state index contributed by atoms with van der Waals surface area (Å²) in [6.07, 6.45) is 10.9. The van der Waals surface area contributed by atoms with Crippen LogP contribution >= 0.6 is 0 Å². The Bertz CT molecular complexity index is 1930. The van der Waals surface area contributed by atoms with E-state index in [1.54, 1.807) is 7.11 Å². The van der Waals surface area contributed by atoms with Gasteiger partial charge in [-0.05, 0) is 75.5 Å². The monoisotopic (exact) mass is 629 g/mol. The zero-order valence-corrected chi connectivity index (χ0v) is 27.7. The van der Waals surface area contributed by atoms with Gasteiger partial charge in [-0.1, -0.05) is 53.6 Å². The van der Waals surface area contributed by atoms with Crippen LogP contribution in [0.1, 0.15) is 49.9 Å². The van der Waals surface area contributed by atoms with Gasteiger partial charge in [0.2, 0.25) is 0 Å². The highest BCUT2D eigenvalue weighted by Gasteiger charge is 2.46. The van der Waals surface area contributed by atoms with Gasteiger partial charge in [-0.2, -0.15) is 0 Å². The number of quaternary nitrogens is 1. The van der Waals surface area contributed by atoms with Gasteiger partial charge in [0, 0.05) is 66.3 Å². The average molecular weight is 630 g/mol. The first-order chi connectivity index (χ1) is 23.0. The van der Waals surface area contributed by atoms with E-state index in [1.807, 2.05) is 0 Å². The van der Waals surface area contributed by atoms with Crippen LogP contribution in [0.5, 0.6) is 0 Å². The summed E-state index contributed by atoms with van der Waals surface area (Å²) in [7, 11) is 1.54. The smallest absolute Gasteiger partial charge is 0.309 e. The van der Waals surface area contributed by atoms with Gasteiger partial charge in [0.05, 0.1) is 30.3 Å². The lowest BCUT2D eigenvalue weighted by atomic mass is 9.73. The van der Waals surface area contributed by atoms with Gasteiger partial charge in [0.25, 0.3) is 0 Å². The van der Waals surface area contributed by atoms with Crippen molar-refractivity contribution < 1.29 is 20.0 Å². The largest absolute Gasteiger partial charge is 0.469 e. The number of pyridine rings is 1. The molecule has 0 saturated carbocycles. The van der Waals surface area contributed by atoms with Crippen molar-refractivity contribution in [3.63, 3.8) is 0 Å². The zero-order valence-electron chi connectivity index (χ0n) is 27.7. The summed E-state index contributed by atoms with van der Waals surface area (Å²) >= 11 is 0. The molecule has 7 heteroatoms. The lowest BCUT2D eigenvalue weighted by Crippen LogP contribution is -2.78. The van der Waals surface area contributed by atoms with Crippen LogP contribution in [-0.4, -0.2) is 58.4 Å². The molecular weight excluding hydrogens is 584 g/mol. The minimum absolute atomic E-state index is 0.0722.